The summed E-state index contributed by atoms with van der Waals surface area (Å²) in [7, 11) is 0. The van der Waals surface area contributed by atoms with Gasteiger partial charge in [0.15, 0.2) is 11.6 Å². The number of nitrogens with one attached hydrogen (secondary N) is 1. The van der Waals surface area contributed by atoms with Gasteiger partial charge >= 0.3 is 0 Å². The molecule has 0 aliphatic heterocycles. The average Bonchev–Trinajstić information content (AvgIpc) is 3.06. The number of aromatic nitrogens is 2. The van der Waals surface area contributed by atoms with E-state index in [0.29, 0.717) is 15.8 Å². The summed E-state index contributed by atoms with van der Waals surface area (Å²) in [6, 6.07) is 4.73. The van der Waals surface area contributed by atoms with Gasteiger partial charge in [0, 0.05) is 13.0 Å². The second kappa shape index (κ2) is 7.10. The molecule has 2 aromatic heterocycles. The Balaban J connectivity index is 1.62. The summed E-state index contributed by atoms with van der Waals surface area (Å²) in [6.07, 6.45) is 1.50. The molecule has 3 aromatic rings. The Kier molecular flexibility index (Phi) is 4.89. The first-order valence-corrected chi connectivity index (χ1v) is 8.50. The largest absolute Gasteiger partial charge is 0.350 e. The lowest BCUT2D eigenvalue weighted by molar-refractivity contribution is -0.121. The molecule has 2 heterocycles. The van der Waals surface area contributed by atoms with Crippen molar-refractivity contribution in [2.24, 2.45) is 0 Å². The van der Waals surface area contributed by atoms with Crippen LogP contribution in [0, 0.1) is 11.6 Å². The molecule has 0 saturated heterocycles. The van der Waals surface area contributed by atoms with E-state index in [1.165, 1.54) is 28.3 Å². The summed E-state index contributed by atoms with van der Waals surface area (Å²) >= 11 is 1.38. The van der Waals surface area contributed by atoms with Crippen molar-refractivity contribution in [2.75, 3.05) is 0 Å². The lowest BCUT2D eigenvalue weighted by Gasteiger charge is -2.15. The van der Waals surface area contributed by atoms with E-state index in [1.807, 2.05) is 0 Å². The number of halogens is 2. The molecule has 0 bridgehead atoms. The molecule has 1 atom stereocenters. The predicted octanol–water partition coefficient (Wildman–Crippen LogP) is 3.00. The maximum atomic E-state index is 13.3. The molecule has 0 aliphatic rings. The Morgan fingerprint density at radius 2 is 2.12 bits per heavy atom. The molecule has 8 heteroatoms. The fourth-order valence-electron chi connectivity index (χ4n) is 2.45. The van der Waals surface area contributed by atoms with Crippen LogP contribution in [0.15, 0.2) is 40.8 Å². The van der Waals surface area contributed by atoms with Gasteiger partial charge < -0.3 is 5.32 Å². The lowest BCUT2D eigenvalue weighted by Crippen LogP contribution is -2.29. The standard InChI is InChI=1S/C17H15F2N3O2S/c1-10(11-2-3-13(18)14(19)8-11)21-15(23)4-6-22-9-20-16-12(17(22)24)5-7-25-16/h2-3,5,7-10H,4,6H2,1H3,(H,21,23)/t10-/m1/s1. The van der Waals surface area contributed by atoms with Crippen molar-refractivity contribution in [1.82, 2.24) is 14.9 Å². The molecule has 0 unspecified atom stereocenters. The molecule has 3 rings (SSSR count). The summed E-state index contributed by atoms with van der Waals surface area (Å²) in [5, 5.41) is 5.02. The van der Waals surface area contributed by atoms with Crippen LogP contribution in [0.4, 0.5) is 8.78 Å². The van der Waals surface area contributed by atoms with E-state index in [0.717, 1.165) is 12.1 Å². The van der Waals surface area contributed by atoms with Crippen LogP contribution in [-0.2, 0) is 11.3 Å². The van der Waals surface area contributed by atoms with Gasteiger partial charge in [0.2, 0.25) is 5.91 Å². The van der Waals surface area contributed by atoms with Crippen molar-refractivity contribution in [3.63, 3.8) is 0 Å². The van der Waals surface area contributed by atoms with Crippen LogP contribution < -0.4 is 10.9 Å². The molecular weight excluding hydrogens is 348 g/mol. The number of nitrogens with zero attached hydrogens (tertiary/aromatic N) is 2. The summed E-state index contributed by atoms with van der Waals surface area (Å²) in [5.74, 6) is -2.19. The van der Waals surface area contributed by atoms with Crippen LogP contribution in [0.3, 0.4) is 0 Å². The van der Waals surface area contributed by atoms with E-state index in [2.05, 4.69) is 10.3 Å². The molecule has 130 valence electrons. The fourth-order valence-corrected chi connectivity index (χ4v) is 3.18. The quantitative estimate of drug-likeness (QED) is 0.758. The number of fused-ring (bicyclic) bond motifs is 1. The summed E-state index contributed by atoms with van der Waals surface area (Å²) in [6.45, 7) is 1.86. The van der Waals surface area contributed by atoms with Crippen molar-refractivity contribution in [3.05, 3.63) is 63.5 Å². The second-order valence-electron chi connectivity index (χ2n) is 5.60. The number of aryl methyl sites for hydroxylation is 1. The Bertz CT molecular complexity index is 983. The number of amides is 1. The van der Waals surface area contributed by atoms with E-state index < -0.39 is 17.7 Å². The number of benzene rings is 1. The van der Waals surface area contributed by atoms with Crippen LogP contribution in [0.25, 0.3) is 10.2 Å². The van der Waals surface area contributed by atoms with Gasteiger partial charge in [0.1, 0.15) is 4.83 Å². The van der Waals surface area contributed by atoms with Crippen molar-refractivity contribution in [3.8, 4) is 0 Å². The van der Waals surface area contributed by atoms with E-state index in [9.17, 15) is 18.4 Å². The maximum Gasteiger partial charge on any atom is 0.262 e. The number of rotatable bonds is 5. The first-order valence-electron chi connectivity index (χ1n) is 7.62. The van der Waals surface area contributed by atoms with Gasteiger partial charge in [-0.3, -0.25) is 14.2 Å². The minimum atomic E-state index is -0.958. The third-order valence-electron chi connectivity index (χ3n) is 3.85. The van der Waals surface area contributed by atoms with Crippen molar-refractivity contribution in [2.45, 2.75) is 25.9 Å². The Morgan fingerprint density at radius 1 is 1.32 bits per heavy atom. The van der Waals surface area contributed by atoms with Crippen molar-refractivity contribution >= 4 is 27.5 Å². The maximum absolute atomic E-state index is 13.3. The first kappa shape index (κ1) is 17.2. The van der Waals surface area contributed by atoms with Crippen molar-refractivity contribution < 1.29 is 13.6 Å². The van der Waals surface area contributed by atoms with Gasteiger partial charge in [-0.2, -0.15) is 0 Å². The SMILES string of the molecule is C[C@@H](NC(=O)CCn1cnc2sccc2c1=O)c1ccc(F)c(F)c1. The summed E-state index contributed by atoms with van der Waals surface area (Å²) < 4.78 is 27.6. The smallest absolute Gasteiger partial charge is 0.262 e. The molecule has 0 saturated carbocycles. The predicted molar refractivity (Wildman–Crippen MR) is 91.4 cm³/mol. The zero-order valence-corrected chi connectivity index (χ0v) is 14.1. The van der Waals surface area contributed by atoms with Crippen LogP contribution in [0.5, 0.6) is 0 Å². The highest BCUT2D eigenvalue weighted by Crippen LogP contribution is 2.16. The fraction of sp³-hybridized carbons (Fsp3) is 0.235. The van der Waals surface area contributed by atoms with Crippen LogP contribution in [0.2, 0.25) is 0 Å². The molecule has 0 fully saturated rings. The Morgan fingerprint density at radius 3 is 2.88 bits per heavy atom. The molecule has 0 aliphatic carbocycles. The lowest BCUT2D eigenvalue weighted by atomic mass is 10.1. The zero-order chi connectivity index (χ0) is 18.0. The monoisotopic (exact) mass is 363 g/mol. The molecule has 1 aromatic carbocycles. The summed E-state index contributed by atoms with van der Waals surface area (Å²) in [5.41, 5.74) is 0.276. The Hall–Kier alpha value is -2.61. The third kappa shape index (κ3) is 3.74. The van der Waals surface area contributed by atoms with Crippen LogP contribution >= 0.6 is 11.3 Å². The normalized spacial score (nSPS) is 12.3. The second-order valence-corrected chi connectivity index (χ2v) is 6.49. The number of thiophene rings is 1. The number of hydrogen-bond acceptors (Lipinski definition) is 4. The van der Waals surface area contributed by atoms with Gasteiger partial charge in [0.25, 0.3) is 5.56 Å². The summed E-state index contributed by atoms with van der Waals surface area (Å²) in [4.78, 5) is 29.1. The van der Waals surface area contributed by atoms with Gasteiger partial charge in [-0.15, -0.1) is 11.3 Å². The topological polar surface area (TPSA) is 64.0 Å². The van der Waals surface area contributed by atoms with Gasteiger partial charge in [-0.05, 0) is 36.1 Å². The minimum Gasteiger partial charge on any atom is -0.350 e. The van der Waals surface area contributed by atoms with Gasteiger partial charge in [-0.25, -0.2) is 13.8 Å². The van der Waals surface area contributed by atoms with E-state index in [-0.39, 0.29) is 24.4 Å². The highest BCUT2D eigenvalue weighted by Gasteiger charge is 2.13. The molecule has 25 heavy (non-hydrogen) atoms. The average molecular weight is 363 g/mol. The minimum absolute atomic E-state index is 0.0747. The van der Waals surface area contributed by atoms with E-state index >= 15 is 0 Å². The molecule has 0 spiro atoms. The van der Waals surface area contributed by atoms with Crippen molar-refractivity contribution in [1.29, 1.82) is 0 Å². The van der Waals surface area contributed by atoms with Crippen LogP contribution in [-0.4, -0.2) is 15.5 Å². The molecule has 0 radical (unpaired) electrons. The number of carbonyl (C=O) groups excluding carboxylic acids is 1. The van der Waals surface area contributed by atoms with E-state index in [1.54, 1.807) is 18.4 Å². The molecular formula is C17H15F2N3O2S. The highest BCUT2D eigenvalue weighted by molar-refractivity contribution is 7.16. The van der Waals surface area contributed by atoms with Gasteiger partial charge in [-0.1, -0.05) is 6.07 Å². The third-order valence-corrected chi connectivity index (χ3v) is 4.67. The molecule has 1 amide bonds. The Labute approximate surface area is 145 Å². The van der Waals surface area contributed by atoms with Crippen LogP contribution in [0.1, 0.15) is 24.9 Å². The first-order chi connectivity index (χ1) is 12.0. The highest BCUT2D eigenvalue weighted by atomic mass is 32.1. The van der Waals surface area contributed by atoms with Gasteiger partial charge in [0.05, 0.1) is 17.8 Å². The molecule has 1 N–H and O–H groups in total. The number of carbonyl (C=O) groups is 1. The molecule has 5 nitrogen and oxygen atoms in total. The number of hydrogen-bond donors (Lipinski definition) is 1. The van der Waals surface area contributed by atoms with E-state index in [4.69, 9.17) is 0 Å². The zero-order valence-electron chi connectivity index (χ0n) is 13.3.